The van der Waals surface area contributed by atoms with E-state index in [9.17, 15) is 18.0 Å². The number of aryl methyl sites for hydroxylation is 2. The first-order chi connectivity index (χ1) is 11.6. The van der Waals surface area contributed by atoms with Crippen molar-refractivity contribution in [2.45, 2.75) is 44.6 Å². The number of hydrogen-bond donors (Lipinski definition) is 2. The Morgan fingerprint density at radius 1 is 1.24 bits per heavy atom. The quantitative estimate of drug-likeness (QED) is 0.815. The summed E-state index contributed by atoms with van der Waals surface area (Å²) in [5.74, 6) is -1.80. The normalized spacial score (nSPS) is 17.9. The van der Waals surface area contributed by atoms with Gasteiger partial charge in [0.05, 0.1) is 4.90 Å². The number of sulfonamides is 1. The number of aliphatic carboxylic acids is 1. The molecule has 0 aromatic heterocycles. The van der Waals surface area contributed by atoms with Crippen LogP contribution in [0.15, 0.2) is 23.1 Å². The van der Waals surface area contributed by atoms with Crippen LogP contribution in [0.4, 0.5) is 0 Å². The van der Waals surface area contributed by atoms with Crippen LogP contribution in [-0.4, -0.2) is 48.8 Å². The van der Waals surface area contributed by atoms with Crippen LogP contribution in [0.25, 0.3) is 0 Å². The maximum Gasteiger partial charge on any atom is 0.325 e. The minimum absolute atomic E-state index is 0.245. The van der Waals surface area contributed by atoms with Gasteiger partial charge in [-0.2, -0.15) is 4.31 Å². The fourth-order valence-electron chi connectivity index (χ4n) is 2.98. The molecule has 1 amide bonds. The molecule has 0 saturated carbocycles. The van der Waals surface area contributed by atoms with Crippen LogP contribution in [0.1, 0.15) is 30.9 Å². The maximum absolute atomic E-state index is 12.8. The number of nitrogens with zero attached hydrogens (tertiary/aromatic N) is 1. The Morgan fingerprint density at radius 3 is 2.36 bits per heavy atom. The third-order valence-corrected chi connectivity index (χ3v) is 6.56. The van der Waals surface area contributed by atoms with Gasteiger partial charge in [0.25, 0.3) is 0 Å². The molecule has 0 aliphatic carbocycles. The van der Waals surface area contributed by atoms with Crippen molar-refractivity contribution < 1.29 is 23.1 Å². The molecular weight excluding hydrogens is 344 g/mol. The molecule has 1 aromatic rings. The van der Waals surface area contributed by atoms with Crippen LogP contribution in [0.5, 0.6) is 0 Å². The highest BCUT2D eigenvalue weighted by Crippen LogP contribution is 2.26. The van der Waals surface area contributed by atoms with E-state index in [-0.39, 0.29) is 24.9 Å². The van der Waals surface area contributed by atoms with E-state index < -0.39 is 22.0 Å². The van der Waals surface area contributed by atoms with E-state index in [4.69, 9.17) is 5.11 Å². The first kappa shape index (κ1) is 19.4. The molecule has 138 valence electrons. The number of carboxylic acids is 1. The highest BCUT2D eigenvalue weighted by atomic mass is 32.2. The fraction of sp³-hybridized carbons (Fsp3) is 0.529. The molecule has 1 aliphatic heterocycles. The number of benzene rings is 1. The molecule has 1 atom stereocenters. The minimum atomic E-state index is -3.59. The number of hydrogen-bond acceptors (Lipinski definition) is 4. The van der Waals surface area contributed by atoms with Crippen molar-refractivity contribution in [3.63, 3.8) is 0 Å². The average Bonchev–Trinajstić information content (AvgIpc) is 2.54. The number of carbonyl (C=O) groups excluding carboxylic acids is 1. The van der Waals surface area contributed by atoms with Crippen LogP contribution < -0.4 is 5.32 Å². The maximum atomic E-state index is 12.8. The molecule has 1 aliphatic rings. The predicted molar refractivity (Wildman–Crippen MR) is 92.6 cm³/mol. The third-order valence-electron chi connectivity index (χ3n) is 4.50. The molecule has 2 N–H and O–H groups in total. The Morgan fingerprint density at radius 2 is 1.84 bits per heavy atom. The summed E-state index contributed by atoms with van der Waals surface area (Å²) in [5, 5.41) is 11.3. The van der Waals surface area contributed by atoms with Crippen LogP contribution in [-0.2, 0) is 19.6 Å². The van der Waals surface area contributed by atoms with Crippen molar-refractivity contribution in [1.29, 1.82) is 0 Å². The van der Waals surface area contributed by atoms with Gasteiger partial charge in [-0.1, -0.05) is 17.7 Å². The number of carboxylic acid groups (broad SMARTS) is 1. The molecule has 1 fully saturated rings. The fourth-order valence-corrected chi connectivity index (χ4v) is 4.65. The molecule has 2 rings (SSSR count). The summed E-state index contributed by atoms with van der Waals surface area (Å²) in [6, 6.07) is 4.27. The molecule has 0 bridgehead atoms. The summed E-state index contributed by atoms with van der Waals surface area (Å²) in [6.07, 6.45) is 0.755. The number of amides is 1. The summed E-state index contributed by atoms with van der Waals surface area (Å²) >= 11 is 0. The topological polar surface area (TPSA) is 104 Å². The van der Waals surface area contributed by atoms with Crippen molar-refractivity contribution in [3.05, 3.63) is 29.3 Å². The standard InChI is InChI=1S/C17H24N2O5S/c1-11-4-5-15(12(2)10-11)25(23,24)19-8-6-14(7-9-19)16(20)18-13(3)17(21)22/h4-5,10,13-14H,6-9H2,1-3H3,(H,18,20)(H,21,22). The molecule has 7 nitrogen and oxygen atoms in total. The van der Waals surface area contributed by atoms with Gasteiger partial charge in [0.1, 0.15) is 6.04 Å². The number of carbonyl (C=O) groups is 2. The zero-order valence-corrected chi connectivity index (χ0v) is 15.5. The third kappa shape index (κ3) is 4.38. The molecule has 0 radical (unpaired) electrons. The van der Waals surface area contributed by atoms with E-state index in [1.165, 1.54) is 11.2 Å². The van der Waals surface area contributed by atoms with E-state index in [0.717, 1.165) is 5.56 Å². The second-order valence-electron chi connectivity index (χ2n) is 6.52. The van der Waals surface area contributed by atoms with E-state index in [1.807, 2.05) is 13.0 Å². The zero-order chi connectivity index (χ0) is 18.8. The van der Waals surface area contributed by atoms with Gasteiger partial charge in [-0.3, -0.25) is 9.59 Å². The summed E-state index contributed by atoms with van der Waals surface area (Å²) in [5.41, 5.74) is 1.70. The molecule has 8 heteroatoms. The van der Waals surface area contributed by atoms with Gasteiger partial charge in [0.15, 0.2) is 0 Å². The average molecular weight is 368 g/mol. The lowest BCUT2D eigenvalue weighted by Gasteiger charge is -2.31. The Balaban J connectivity index is 2.04. The van der Waals surface area contributed by atoms with E-state index >= 15 is 0 Å². The van der Waals surface area contributed by atoms with E-state index in [2.05, 4.69) is 5.32 Å². The molecule has 1 unspecified atom stereocenters. The van der Waals surface area contributed by atoms with Crippen LogP contribution in [0.3, 0.4) is 0 Å². The highest BCUT2D eigenvalue weighted by Gasteiger charge is 2.33. The Bertz CT molecular complexity index is 767. The van der Waals surface area contributed by atoms with Crippen molar-refractivity contribution in [3.8, 4) is 0 Å². The van der Waals surface area contributed by atoms with Gasteiger partial charge >= 0.3 is 5.97 Å². The van der Waals surface area contributed by atoms with Gasteiger partial charge in [-0.25, -0.2) is 8.42 Å². The molecule has 1 saturated heterocycles. The Hall–Kier alpha value is -1.93. The molecular formula is C17H24N2O5S. The first-order valence-electron chi connectivity index (χ1n) is 8.23. The summed E-state index contributed by atoms with van der Waals surface area (Å²) in [6.45, 7) is 5.57. The minimum Gasteiger partial charge on any atom is -0.480 e. The summed E-state index contributed by atoms with van der Waals surface area (Å²) in [4.78, 5) is 23.2. The number of nitrogens with one attached hydrogen (secondary N) is 1. The molecule has 0 spiro atoms. The van der Waals surface area contributed by atoms with Gasteiger partial charge in [0.2, 0.25) is 15.9 Å². The van der Waals surface area contributed by atoms with Crippen molar-refractivity contribution in [1.82, 2.24) is 9.62 Å². The first-order valence-corrected chi connectivity index (χ1v) is 9.67. The van der Waals surface area contributed by atoms with Crippen LogP contribution >= 0.6 is 0 Å². The Labute approximate surface area is 148 Å². The van der Waals surface area contributed by atoms with Crippen molar-refractivity contribution >= 4 is 21.9 Å². The number of piperidine rings is 1. The van der Waals surface area contributed by atoms with Crippen LogP contribution in [0.2, 0.25) is 0 Å². The smallest absolute Gasteiger partial charge is 0.325 e. The van der Waals surface area contributed by atoms with Gasteiger partial charge in [-0.15, -0.1) is 0 Å². The van der Waals surface area contributed by atoms with E-state index in [1.54, 1.807) is 19.1 Å². The molecule has 1 aromatic carbocycles. The summed E-state index contributed by atoms with van der Waals surface area (Å²) < 4.78 is 27.0. The largest absolute Gasteiger partial charge is 0.480 e. The van der Waals surface area contributed by atoms with Crippen molar-refractivity contribution in [2.75, 3.05) is 13.1 Å². The summed E-state index contributed by atoms with van der Waals surface area (Å²) in [7, 11) is -3.59. The second kappa shape index (κ2) is 7.53. The van der Waals surface area contributed by atoms with Gasteiger partial charge in [0, 0.05) is 19.0 Å². The predicted octanol–water partition coefficient (Wildman–Crippen LogP) is 1.29. The lowest BCUT2D eigenvalue weighted by molar-refractivity contribution is -0.142. The Kier molecular flexibility index (Phi) is 5.84. The lowest BCUT2D eigenvalue weighted by Crippen LogP contribution is -2.46. The number of rotatable bonds is 5. The van der Waals surface area contributed by atoms with E-state index in [0.29, 0.717) is 23.3 Å². The van der Waals surface area contributed by atoms with Crippen LogP contribution in [0, 0.1) is 19.8 Å². The van der Waals surface area contributed by atoms with Gasteiger partial charge in [-0.05, 0) is 45.2 Å². The molecule has 25 heavy (non-hydrogen) atoms. The lowest BCUT2D eigenvalue weighted by atomic mass is 9.97. The monoisotopic (exact) mass is 368 g/mol. The van der Waals surface area contributed by atoms with Gasteiger partial charge < -0.3 is 10.4 Å². The second-order valence-corrected chi connectivity index (χ2v) is 8.42. The molecule has 1 heterocycles. The van der Waals surface area contributed by atoms with Crippen molar-refractivity contribution in [2.24, 2.45) is 5.92 Å². The SMILES string of the molecule is Cc1ccc(S(=O)(=O)N2CCC(C(=O)NC(C)C(=O)O)CC2)c(C)c1. The highest BCUT2D eigenvalue weighted by molar-refractivity contribution is 7.89. The zero-order valence-electron chi connectivity index (χ0n) is 14.7.